The lowest BCUT2D eigenvalue weighted by Gasteiger charge is -2.21. The van der Waals surface area contributed by atoms with E-state index in [9.17, 15) is 9.59 Å². The number of carbonyl (C=O) groups excluding carboxylic acids is 2. The number of fused-ring (bicyclic) bond motifs is 1. The van der Waals surface area contributed by atoms with Gasteiger partial charge in [-0.15, -0.1) is 0 Å². The summed E-state index contributed by atoms with van der Waals surface area (Å²) in [6, 6.07) is 5.35. The highest BCUT2D eigenvalue weighted by molar-refractivity contribution is 5.93. The van der Waals surface area contributed by atoms with Gasteiger partial charge >= 0.3 is 0 Å². The van der Waals surface area contributed by atoms with Gasteiger partial charge in [-0.1, -0.05) is 6.07 Å². The first-order valence-corrected chi connectivity index (χ1v) is 7.98. The lowest BCUT2D eigenvalue weighted by Crippen LogP contribution is -2.36. The van der Waals surface area contributed by atoms with Gasteiger partial charge in [-0.3, -0.25) is 19.6 Å². The molecule has 2 aliphatic heterocycles. The summed E-state index contributed by atoms with van der Waals surface area (Å²) in [6.45, 7) is 2.66. The third-order valence-electron chi connectivity index (χ3n) is 4.73. The molecule has 2 saturated heterocycles. The van der Waals surface area contributed by atoms with E-state index < -0.39 is 0 Å². The molecule has 7 heteroatoms. The zero-order valence-electron chi connectivity index (χ0n) is 13.1. The fourth-order valence-corrected chi connectivity index (χ4v) is 3.55. The van der Waals surface area contributed by atoms with Crippen LogP contribution in [0.15, 0.2) is 43.0 Å². The van der Waals surface area contributed by atoms with Gasteiger partial charge in [0.2, 0.25) is 0 Å². The molecule has 2 fully saturated rings. The Morgan fingerprint density at radius 1 is 0.833 bits per heavy atom. The average molecular weight is 323 g/mol. The molecule has 122 valence electrons. The Morgan fingerprint density at radius 3 is 2.00 bits per heavy atom. The fourth-order valence-electron chi connectivity index (χ4n) is 3.55. The largest absolute Gasteiger partial charge is 0.337 e. The Bertz CT molecular complexity index is 675. The first kappa shape index (κ1) is 14.7. The number of pyridine rings is 1. The van der Waals surface area contributed by atoms with Gasteiger partial charge in [-0.05, 0) is 12.1 Å². The van der Waals surface area contributed by atoms with Crippen LogP contribution in [-0.2, 0) is 0 Å². The lowest BCUT2D eigenvalue weighted by atomic mass is 10.0. The second-order valence-electron chi connectivity index (χ2n) is 6.25. The minimum atomic E-state index is -0.0832. The van der Waals surface area contributed by atoms with Gasteiger partial charge in [-0.2, -0.15) is 0 Å². The Morgan fingerprint density at radius 2 is 1.46 bits per heavy atom. The van der Waals surface area contributed by atoms with E-state index in [0.29, 0.717) is 49.4 Å². The molecule has 0 unspecified atom stereocenters. The molecule has 2 aromatic rings. The molecule has 0 bridgehead atoms. The maximum Gasteiger partial charge on any atom is 0.274 e. The minimum Gasteiger partial charge on any atom is -0.337 e. The van der Waals surface area contributed by atoms with Crippen LogP contribution in [0.25, 0.3) is 0 Å². The van der Waals surface area contributed by atoms with E-state index in [2.05, 4.69) is 15.0 Å². The Kier molecular flexibility index (Phi) is 3.68. The number of aromatic nitrogens is 3. The summed E-state index contributed by atoms with van der Waals surface area (Å²) in [7, 11) is 0. The highest BCUT2D eigenvalue weighted by atomic mass is 16.2. The summed E-state index contributed by atoms with van der Waals surface area (Å²) in [6.07, 6.45) is 6.20. The maximum atomic E-state index is 12.5. The lowest BCUT2D eigenvalue weighted by molar-refractivity contribution is 0.0732. The average Bonchev–Trinajstić information content (AvgIpc) is 3.21. The van der Waals surface area contributed by atoms with Crippen LogP contribution in [0, 0.1) is 11.8 Å². The van der Waals surface area contributed by atoms with Crippen molar-refractivity contribution in [1.29, 1.82) is 0 Å². The summed E-state index contributed by atoms with van der Waals surface area (Å²) in [5.41, 5.74) is 0.851. The molecular formula is C17H17N5O2. The normalized spacial score (nSPS) is 22.5. The molecule has 2 aromatic heterocycles. The van der Waals surface area contributed by atoms with Crippen molar-refractivity contribution in [1.82, 2.24) is 24.8 Å². The van der Waals surface area contributed by atoms with Crippen LogP contribution in [0.1, 0.15) is 21.0 Å². The smallest absolute Gasteiger partial charge is 0.274 e. The van der Waals surface area contributed by atoms with Crippen LogP contribution in [0.3, 0.4) is 0 Å². The Hall–Kier alpha value is -2.83. The summed E-state index contributed by atoms with van der Waals surface area (Å²) < 4.78 is 0. The number of carbonyl (C=O) groups is 2. The van der Waals surface area contributed by atoms with Crippen molar-refractivity contribution in [2.75, 3.05) is 26.2 Å². The highest BCUT2D eigenvalue weighted by Crippen LogP contribution is 2.32. The van der Waals surface area contributed by atoms with E-state index in [-0.39, 0.29) is 11.8 Å². The number of amides is 2. The second kappa shape index (κ2) is 5.99. The summed E-state index contributed by atoms with van der Waals surface area (Å²) in [4.78, 5) is 40.7. The number of likely N-dealkylation sites (tertiary alicyclic amines) is 2. The fraction of sp³-hybridized carbons (Fsp3) is 0.353. The zero-order chi connectivity index (χ0) is 16.5. The first-order chi connectivity index (χ1) is 11.7. The van der Waals surface area contributed by atoms with Crippen LogP contribution in [0.5, 0.6) is 0 Å². The zero-order valence-corrected chi connectivity index (χ0v) is 13.1. The van der Waals surface area contributed by atoms with Crippen molar-refractivity contribution in [2.24, 2.45) is 11.8 Å². The van der Waals surface area contributed by atoms with Crippen LogP contribution >= 0.6 is 0 Å². The number of hydrogen-bond acceptors (Lipinski definition) is 5. The monoisotopic (exact) mass is 323 g/mol. The van der Waals surface area contributed by atoms with Gasteiger partial charge < -0.3 is 9.80 Å². The van der Waals surface area contributed by atoms with Crippen molar-refractivity contribution >= 4 is 11.8 Å². The third-order valence-corrected chi connectivity index (χ3v) is 4.73. The topological polar surface area (TPSA) is 79.3 Å². The van der Waals surface area contributed by atoms with Gasteiger partial charge in [0.15, 0.2) is 0 Å². The van der Waals surface area contributed by atoms with Gasteiger partial charge in [0.25, 0.3) is 11.8 Å². The van der Waals surface area contributed by atoms with E-state index in [1.807, 2.05) is 15.9 Å². The van der Waals surface area contributed by atoms with Gasteiger partial charge in [0.05, 0.1) is 6.20 Å². The molecule has 0 radical (unpaired) electrons. The van der Waals surface area contributed by atoms with Crippen molar-refractivity contribution in [3.63, 3.8) is 0 Å². The van der Waals surface area contributed by atoms with Gasteiger partial charge in [0.1, 0.15) is 11.4 Å². The molecule has 2 atom stereocenters. The molecule has 4 rings (SSSR count). The number of nitrogens with zero attached hydrogens (tertiary/aromatic N) is 5. The summed E-state index contributed by atoms with van der Waals surface area (Å²) in [5, 5.41) is 0. The predicted octanol–water partition coefficient (Wildman–Crippen LogP) is 0.716. The molecule has 2 aliphatic rings. The molecule has 2 amide bonds. The molecule has 0 aliphatic carbocycles. The Labute approximate surface area is 139 Å². The maximum absolute atomic E-state index is 12.5. The van der Waals surface area contributed by atoms with Crippen molar-refractivity contribution < 1.29 is 9.59 Å². The SMILES string of the molecule is O=C(c1ccccn1)N1C[C@@H]2CN(C(=O)c3cnccn3)C[C@@H]2C1. The van der Waals surface area contributed by atoms with Crippen molar-refractivity contribution in [3.8, 4) is 0 Å². The minimum absolute atomic E-state index is 0.0307. The predicted molar refractivity (Wildman–Crippen MR) is 85.1 cm³/mol. The highest BCUT2D eigenvalue weighted by Gasteiger charge is 2.43. The van der Waals surface area contributed by atoms with Gasteiger partial charge in [0, 0.05) is 56.6 Å². The van der Waals surface area contributed by atoms with E-state index in [4.69, 9.17) is 0 Å². The van der Waals surface area contributed by atoms with Crippen molar-refractivity contribution in [3.05, 3.63) is 54.4 Å². The number of rotatable bonds is 2. The van der Waals surface area contributed by atoms with Crippen LogP contribution < -0.4 is 0 Å². The molecule has 0 aromatic carbocycles. The molecule has 0 saturated carbocycles. The van der Waals surface area contributed by atoms with E-state index in [0.717, 1.165) is 0 Å². The van der Waals surface area contributed by atoms with Crippen molar-refractivity contribution in [2.45, 2.75) is 0 Å². The summed E-state index contributed by atoms with van der Waals surface area (Å²) >= 11 is 0. The standard InChI is InChI=1S/C17H17N5O2/c23-16(14-3-1-2-4-19-14)21-8-12-10-22(11-13(12)9-21)17(24)15-7-18-5-6-20-15/h1-7,12-13H,8-11H2/t12-,13+. The van der Waals surface area contributed by atoms with Gasteiger partial charge in [-0.25, -0.2) is 4.98 Å². The second-order valence-corrected chi connectivity index (χ2v) is 6.25. The molecule has 7 nitrogen and oxygen atoms in total. The number of hydrogen-bond donors (Lipinski definition) is 0. The molecule has 0 spiro atoms. The molecule has 0 N–H and O–H groups in total. The summed E-state index contributed by atoms with van der Waals surface area (Å²) in [5.74, 6) is 0.522. The van der Waals surface area contributed by atoms with E-state index in [1.54, 1.807) is 24.5 Å². The Balaban J connectivity index is 1.40. The molecule has 24 heavy (non-hydrogen) atoms. The molecular weight excluding hydrogens is 306 g/mol. The van der Waals surface area contributed by atoms with Crippen LogP contribution in [-0.4, -0.2) is 62.7 Å². The van der Waals surface area contributed by atoms with E-state index >= 15 is 0 Å². The quantitative estimate of drug-likeness (QED) is 0.813. The first-order valence-electron chi connectivity index (χ1n) is 7.98. The van der Waals surface area contributed by atoms with Crippen LogP contribution in [0.2, 0.25) is 0 Å². The van der Waals surface area contributed by atoms with E-state index in [1.165, 1.54) is 12.4 Å². The third kappa shape index (κ3) is 2.62. The molecule has 4 heterocycles. The van der Waals surface area contributed by atoms with Crippen LogP contribution in [0.4, 0.5) is 0 Å².